The molecule has 0 aromatic heterocycles. The minimum absolute atomic E-state index is 0.352. The van der Waals surface area contributed by atoms with Gasteiger partial charge in [0.25, 0.3) is 0 Å². The predicted molar refractivity (Wildman–Crippen MR) is 82.6 cm³/mol. The van der Waals surface area contributed by atoms with Crippen LogP contribution in [0.3, 0.4) is 0 Å². The number of aryl methyl sites for hydroxylation is 3. The summed E-state index contributed by atoms with van der Waals surface area (Å²) in [6.45, 7) is 6.42. The Balaban J connectivity index is 0.000000200. The molecule has 1 N–H and O–H groups in total. The van der Waals surface area contributed by atoms with Crippen molar-refractivity contribution in [1.82, 2.24) is 0 Å². The maximum atomic E-state index is 8.98. The van der Waals surface area contributed by atoms with E-state index in [0.717, 1.165) is 6.42 Å². The third-order valence-electron chi connectivity index (χ3n) is 3.18. The molecule has 2 rings (SSSR count). The Kier molecular flexibility index (Phi) is 6.73. The molecular weight excluding hydrogens is 232 g/mol. The molecule has 0 aliphatic carbocycles. The molecule has 0 aliphatic heterocycles. The number of rotatable bonds is 3. The Morgan fingerprint density at radius 2 is 1.37 bits per heavy atom. The fourth-order valence-electron chi connectivity index (χ4n) is 1.71. The van der Waals surface area contributed by atoms with Crippen molar-refractivity contribution >= 4 is 0 Å². The van der Waals surface area contributed by atoms with Crippen molar-refractivity contribution in [1.29, 1.82) is 0 Å². The van der Waals surface area contributed by atoms with Crippen LogP contribution < -0.4 is 0 Å². The lowest BCUT2D eigenvalue weighted by molar-refractivity contribution is 0.475. The molecule has 0 aliphatic rings. The van der Waals surface area contributed by atoms with Crippen LogP contribution in [0.2, 0.25) is 0 Å². The minimum atomic E-state index is 0.352. The first kappa shape index (κ1) is 15.3. The van der Waals surface area contributed by atoms with Crippen molar-refractivity contribution < 1.29 is 5.11 Å². The van der Waals surface area contributed by atoms with Gasteiger partial charge in [0.05, 0.1) is 0 Å². The van der Waals surface area contributed by atoms with Crippen LogP contribution >= 0.6 is 0 Å². The number of benzene rings is 2. The largest absolute Gasteiger partial charge is 0.508 e. The second kappa shape index (κ2) is 8.36. The van der Waals surface area contributed by atoms with Crippen LogP contribution in [0.5, 0.6) is 5.75 Å². The fourth-order valence-corrected chi connectivity index (χ4v) is 1.71. The zero-order valence-corrected chi connectivity index (χ0v) is 12.2. The predicted octanol–water partition coefficient (Wildman–Crippen LogP) is 5.04. The van der Waals surface area contributed by atoms with Gasteiger partial charge in [-0.25, -0.2) is 0 Å². The number of hydrogen-bond donors (Lipinski definition) is 1. The van der Waals surface area contributed by atoms with Crippen LogP contribution in [0.25, 0.3) is 0 Å². The molecule has 0 unspecified atom stereocenters. The Bertz CT molecular complexity index is 450. The Morgan fingerprint density at radius 1 is 0.842 bits per heavy atom. The van der Waals surface area contributed by atoms with Gasteiger partial charge in [-0.1, -0.05) is 49.7 Å². The van der Waals surface area contributed by atoms with Crippen LogP contribution in [-0.4, -0.2) is 5.11 Å². The highest BCUT2D eigenvalue weighted by molar-refractivity contribution is 5.25. The van der Waals surface area contributed by atoms with Crippen LogP contribution in [0, 0.1) is 13.8 Å². The third-order valence-corrected chi connectivity index (χ3v) is 3.18. The van der Waals surface area contributed by atoms with Gasteiger partial charge in [0, 0.05) is 0 Å². The molecule has 2 aromatic carbocycles. The molecule has 0 atom stereocenters. The summed E-state index contributed by atoms with van der Waals surface area (Å²) in [5, 5.41) is 8.98. The lowest BCUT2D eigenvalue weighted by Crippen LogP contribution is -1.82. The molecule has 102 valence electrons. The maximum Gasteiger partial charge on any atom is 0.115 e. The van der Waals surface area contributed by atoms with E-state index in [1.165, 1.54) is 29.5 Å². The summed E-state index contributed by atoms with van der Waals surface area (Å²) in [5.74, 6) is 0.352. The summed E-state index contributed by atoms with van der Waals surface area (Å²) in [7, 11) is 0. The van der Waals surface area contributed by atoms with Crippen LogP contribution in [0.15, 0.2) is 48.5 Å². The zero-order valence-electron chi connectivity index (χ0n) is 12.2. The van der Waals surface area contributed by atoms with E-state index >= 15 is 0 Å². The van der Waals surface area contributed by atoms with E-state index in [2.05, 4.69) is 45.0 Å². The second-order valence-electron chi connectivity index (χ2n) is 4.85. The molecule has 0 radical (unpaired) electrons. The highest BCUT2D eigenvalue weighted by Crippen LogP contribution is 2.11. The molecule has 0 spiro atoms. The van der Waals surface area contributed by atoms with E-state index < -0.39 is 0 Å². The topological polar surface area (TPSA) is 20.2 Å². The van der Waals surface area contributed by atoms with Crippen LogP contribution in [0.1, 0.15) is 36.5 Å². The van der Waals surface area contributed by atoms with Gasteiger partial charge in [0.1, 0.15) is 5.75 Å². The number of hydrogen-bond acceptors (Lipinski definition) is 1. The van der Waals surface area contributed by atoms with Gasteiger partial charge >= 0.3 is 0 Å². The Hall–Kier alpha value is -1.76. The summed E-state index contributed by atoms with van der Waals surface area (Å²) in [5.41, 5.74) is 4.05. The van der Waals surface area contributed by atoms with Gasteiger partial charge in [-0.15, -0.1) is 0 Å². The normalized spacial score (nSPS) is 9.63. The van der Waals surface area contributed by atoms with E-state index in [0.29, 0.717) is 5.75 Å². The molecule has 0 fully saturated rings. The van der Waals surface area contributed by atoms with Crippen LogP contribution in [-0.2, 0) is 6.42 Å². The number of phenols is 1. The summed E-state index contributed by atoms with van der Waals surface area (Å²) in [6.07, 6.45) is 3.57. The first-order valence-corrected chi connectivity index (χ1v) is 6.93. The zero-order chi connectivity index (χ0) is 14.1. The summed E-state index contributed by atoms with van der Waals surface area (Å²) in [6, 6.07) is 15.8. The third kappa shape index (κ3) is 6.10. The maximum absolute atomic E-state index is 8.98. The Labute approximate surface area is 116 Å². The van der Waals surface area contributed by atoms with E-state index in [1.807, 2.05) is 12.1 Å². The summed E-state index contributed by atoms with van der Waals surface area (Å²) >= 11 is 0. The van der Waals surface area contributed by atoms with Crippen molar-refractivity contribution in [3.8, 4) is 5.75 Å². The molecule has 0 saturated heterocycles. The SMILES string of the molecule is CCCCc1ccc(O)cc1.Cc1ccccc1C. The number of phenolic OH excluding ortho intramolecular Hbond substituents is 1. The first-order chi connectivity index (χ1) is 9.13. The van der Waals surface area contributed by atoms with Crippen molar-refractivity contribution in [2.45, 2.75) is 40.0 Å². The highest BCUT2D eigenvalue weighted by atomic mass is 16.3. The van der Waals surface area contributed by atoms with Gasteiger partial charge < -0.3 is 5.11 Å². The van der Waals surface area contributed by atoms with Crippen molar-refractivity contribution in [3.05, 3.63) is 65.2 Å². The van der Waals surface area contributed by atoms with E-state index in [4.69, 9.17) is 5.11 Å². The molecular formula is C18H24O. The molecule has 1 nitrogen and oxygen atoms in total. The number of aromatic hydroxyl groups is 1. The first-order valence-electron chi connectivity index (χ1n) is 6.93. The monoisotopic (exact) mass is 256 g/mol. The van der Waals surface area contributed by atoms with Gasteiger partial charge in [0.15, 0.2) is 0 Å². The quantitative estimate of drug-likeness (QED) is 0.815. The van der Waals surface area contributed by atoms with E-state index in [-0.39, 0.29) is 0 Å². The summed E-state index contributed by atoms with van der Waals surface area (Å²) < 4.78 is 0. The second-order valence-corrected chi connectivity index (χ2v) is 4.85. The highest BCUT2D eigenvalue weighted by Gasteiger charge is 1.91. The molecule has 0 saturated carbocycles. The van der Waals surface area contributed by atoms with Gasteiger partial charge in [-0.3, -0.25) is 0 Å². The molecule has 1 heteroatoms. The van der Waals surface area contributed by atoms with Crippen LogP contribution in [0.4, 0.5) is 0 Å². The standard InChI is InChI=1S/C10H14O.C8H10/c1-2-3-4-9-5-7-10(11)8-6-9;1-7-5-3-4-6-8(7)2/h5-8,11H,2-4H2,1H3;3-6H,1-2H3. The van der Waals surface area contributed by atoms with Crippen molar-refractivity contribution in [2.75, 3.05) is 0 Å². The van der Waals surface area contributed by atoms with Gasteiger partial charge in [-0.05, 0) is 55.5 Å². The lowest BCUT2D eigenvalue weighted by Gasteiger charge is -1.98. The van der Waals surface area contributed by atoms with Crippen molar-refractivity contribution in [3.63, 3.8) is 0 Å². The fraction of sp³-hybridized carbons (Fsp3) is 0.333. The van der Waals surface area contributed by atoms with Crippen molar-refractivity contribution in [2.24, 2.45) is 0 Å². The average molecular weight is 256 g/mol. The Morgan fingerprint density at radius 3 is 1.79 bits per heavy atom. The average Bonchev–Trinajstić information content (AvgIpc) is 2.42. The minimum Gasteiger partial charge on any atom is -0.508 e. The van der Waals surface area contributed by atoms with E-state index in [9.17, 15) is 0 Å². The molecule has 2 aromatic rings. The molecule has 0 bridgehead atoms. The number of unbranched alkanes of at least 4 members (excludes halogenated alkanes) is 1. The summed E-state index contributed by atoms with van der Waals surface area (Å²) in [4.78, 5) is 0. The molecule has 19 heavy (non-hydrogen) atoms. The smallest absolute Gasteiger partial charge is 0.115 e. The van der Waals surface area contributed by atoms with E-state index in [1.54, 1.807) is 12.1 Å². The molecule has 0 heterocycles. The molecule has 0 amide bonds. The van der Waals surface area contributed by atoms with Gasteiger partial charge in [-0.2, -0.15) is 0 Å². The van der Waals surface area contributed by atoms with Gasteiger partial charge in [0.2, 0.25) is 0 Å². The lowest BCUT2D eigenvalue weighted by atomic mass is 10.1.